The van der Waals surface area contributed by atoms with Gasteiger partial charge in [-0.15, -0.1) is 0 Å². The van der Waals surface area contributed by atoms with Crippen LogP contribution in [0.4, 0.5) is 10.5 Å². The molecule has 0 spiro atoms. The number of anilines is 1. The highest BCUT2D eigenvalue weighted by molar-refractivity contribution is 5.91. The van der Waals surface area contributed by atoms with Gasteiger partial charge in [0.2, 0.25) is 0 Å². The Bertz CT molecular complexity index is 451. The molecule has 18 heavy (non-hydrogen) atoms. The smallest absolute Gasteiger partial charge is 0.415 e. The minimum absolute atomic E-state index is 0.00255. The van der Waals surface area contributed by atoms with E-state index in [0.29, 0.717) is 6.54 Å². The molecule has 1 aliphatic heterocycles. The summed E-state index contributed by atoms with van der Waals surface area (Å²) < 4.78 is 5.44. The number of carbonyl (C=O) groups excluding carboxylic acids is 1. The summed E-state index contributed by atoms with van der Waals surface area (Å²) in [7, 11) is 0. The zero-order valence-corrected chi connectivity index (χ0v) is 11.1. The van der Waals surface area contributed by atoms with Gasteiger partial charge in [-0.3, -0.25) is 4.90 Å². The average molecular weight is 248 g/mol. The van der Waals surface area contributed by atoms with E-state index in [4.69, 9.17) is 10.5 Å². The molecule has 1 aromatic rings. The molecule has 0 bridgehead atoms. The van der Waals surface area contributed by atoms with Crippen molar-refractivity contribution in [3.63, 3.8) is 0 Å². The maximum atomic E-state index is 12.2. The number of carbonyl (C=O) groups is 1. The first-order chi connectivity index (χ1) is 8.42. The summed E-state index contributed by atoms with van der Waals surface area (Å²) in [5.41, 5.74) is 7.33. The van der Waals surface area contributed by atoms with E-state index < -0.39 is 5.60 Å². The lowest BCUT2D eigenvalue weighted by atomic mass is 10.1. The molecule has 1 aromatic carbocycles. The van der Waals surface area contributed by atoms with Crippen molar-refractivity contribution < 1.29 is 9.53 Å². The number of para-hydroxylation sites is 1. The molecule has 2 rings (SSSR count). The molecule has 1 unspecified atom stereocenters. The van der Waals surface area contributed by atoms with E-state index in [-0.39, 0.29) is 12.1 Å². The first-order valence-corrected chi connectivity index (χ1v) is 6.22. The summed E-state index contributed by atoms with van der Waals surface area (Å²) >= 11 is 0. The van der Waals surface area contributed by atoms with Crippen LogP contribution in [0.3, 0.4) is 0 Å². The SMILES string of the molecule is CC(C)(C)OC(=O)N1c2ccccc2CC1CN. The molecule has 1 amide bonds. The fourth-order valence-electron chi connectivity index (χ4n) is 2.21. The van der Waals surface area contributed by atoms with Crippen LogP contribution in [0, 0.1) is 0 Å². The molecule has 1 atom stereocenters. The van der Waals surface area contributed by atoms with Gasteiger partial charge in [0.05, 0.1) is 11.7 Å². The van der Waals surface area contributed by atoms with Gasteiger partial charge in [-0.05, 0) is 38.8 Å². The molecule has 0 aromatic heterocycles. The van der Waals surface area contributed by atoms with Crippen LogP contribution in [0.25, 0.3) is 0 Å². The standard InChI is InChI=1S/C14H20N2O2/c1-14(2,3)18-13(17)16-11(9-15)8-10-6-4-5-7-12(10)16/h4-7,11H,8-9,15H2,1-3H3. The molecule has 4 nitrogen and oxygen atoms in total. The average Bonchev–Trinajstić information content (AvgIpc) is 2.64. The van der Waals surface area contributed by atoms with Gasteiger partial charge in [0.25, 0.3) is 0 Å². The fraction of sp³-hybridized carbons (Fsp3) is 0.500. The van der Waals surface area contributed by atoms with Gasteiger partial charge in [0.15, 0.2) is 0 Å². The fourth-order valence-corrected chi connectivity index (χ4v) is 2.21. The maximum Gasteiger partial charge on any atom is 0.415 e. The summed E-state index contributed by atoms with van der Waals surface area (Å²) in [5, 5.41) is 0. The third-order valence-corrected chi connectivity index (χ3v) is 2.93. The number of nitrogens with two attached hydrogens (primary N) is 1. The third-order valence-electron chi connectivity index (χ3n) is 2.93. The lowest BCUT2D eigenvalue weighted by Gasteiger charge is -2.28. The summed E-state index contributed by atoms with van der Waals surface area (Å²) in [6.45, 7) is 6.03. The second kappa shape index (κ2) is 4.61. The largest absolute Gasteiger partial charge is 0.443 e. The Balaban J connectivity index is 2.27. The second-order valence-electron chi connectivity index (χ2n) is 5.57. The highest BCUT2D eigenvalue weighted by atomic mass is 16.6. The Morgan fingerprint density at radius 1 is 1.44 bits per heavy atom. The first-order valence-electron chi connectivity index (χ1n) is 6.22. The van der Waals surface area contributed by atoms with Crippen LogP contribution in [-0.4, -0.2) is 24.3 Å². The Hall–Kier alpha value is -1.55. The maximum absolute atomic E-state index is 12.2. The molecule has 0 radical (unpaired) electrons. The second-order valence-corrected chi connectivity index (χ2v) is 5.57. The minimum atomic E-state index is -0.492. The Morgan fingerprint density at radius 2 is 2.11 bits per heavy atom. The molecule has 98 valence electrons. The van der Waals surface area contributed by atoms with E-state index in [9.17, 15) is 4.79 Å². The summed E-state index contributed by atoms with van der Waals surface area (Å²) in [4.78, 5) is 13.9. The number of ether oxygens (including phenoxy) is 1. The van der Waals surface area contributed by atoms with E-state index in [1.54, 1.807) is 4.90 Å². The number of fused-ring (bicyclic) bond motifs is 1. The Labute approximate surface area is 108 Å². The number of nitrogens with zero attached hydrogens (tertiary/aromatic N) is 1. The predicted molar refractivity (Wildman–Crippen MR) is 71.7 cm³/mol. The minimum Gasteiger partial charge on any atom is -0.443 e. The Morgan fingerprint density at radius 3 is 2.72 bits per heavy atom. The van der Waals surface area contributed by atoms with Gasteiger partial charge < -0.3 is 10.5 Å². The third kappa shape index (κ3) is 2.48. The van der Waals surface area contributed by atoms with Crippen molar-refractivity contribution in [1.82, 2.24) is 0 Å². The summed E-state index contributed by atoms with van der Waals surface area (Å²) in [6, 6.07) is 7.87. The molecular formula is C14H20N2O2. The molecule has 4 heteroatoms. The zero-order valence-electron chi connectivity index (χ0n) is 11.1. The first kappa shape index (κ1) is 12.9. The van der Waals surface area contributed by atoms with Crippen LogP contribution in [-0.2, 0) is 11.2 Å². The van der Waals surface area contributed by atoms with Crippen molar-refractivity contribution in [2.24, 2.45) is 5.73 Å². The van der Waals surface area contributed by atoms with Crippen molar-refractivity contribution in [3.05, 3.63) is 29.8 Å². The molecule has 0 aliphatic carbocycles. The predicted octanol–water partition coefficient (Wildman–Crippen LogP) is 2.31. The lowest BCUT2D eigenvalue weighted by Crippen LogP contribution is -2.44. The van der Waals surface area contributed by atoms with Crippen molar-refractivity contribution >= 4 is 11.8 Å². The highest BCUT2D eigenvalue weighted by Gasteiger charge is 2.35. The van der Waals surface area contributed by atoms with Gasteiger partial charge >= 0.3 is 6.09 Å². The van der Waals surface area contributed by atoms with Gasteiger partial charge in [0.1, 0.15) is 5.60 Å². The topological polar surface area (TPSA) is 55.6 Å². The Kier molecular flexibility index (Phi) is 3.30. The molecule has 0 fully saturated rings. The summed E-state index contributed by atoms with van der Waals surface area (Å²) in [6.07, 6.45) is 0.481. The van der Waals surface area contributed by atoms with E-state index in [0.717, 1.165) is 17.7 Å². The van der Waals surface area contributed by atoms with Crippen LogP contribution < -0.4 is 10.6 Å². The van der Waals surface area contributed by atoms with E-state index in [2.05, 4.69) is 0 Å². The van der Waals surface area contributed by atoms with Crippen LogP contribution >= 0.6 is 0 Å². The van der Waals surface area contributed by atoms with Crippen molar-refractivity contribution in [3.8, 4) is 0 Å². The number of benzene rings is 1. The number of rotatable bonds is 1. The molecule has 0 saturated heterocycles. The molecule has 1 aliphatic rings. The van der Waals surface area contributed by atoms with Gasteiger partial charge in [-0.25, -0.2) is 4.79 Å². The lowest BCUT2D eigenvalue weighted by molar-refractivity contribution is 0.0571. The van der Waals surface area contributed by atoms with Crippen LogP contribution in [0.15, 0.2) is 24.3 Å². The number of hydrogen-bond donors (Lipinski definition) is 1. The molecular weight excluding hydrogens is 228 g/mol. The van der Waals surface area contributed by atoms with E-state index in [1.807, 2.05) is 45.0 Å². The quantitative estimate of drug-likeness (QED) is 0.829. The summed E-state index contributed by atoms with van der Waals surface area (Å²) in [5.74, 6) is 0. The van der Waals surface area contributed by atoms with Crippen molar-refractivity contribution in [2.75, 3.05) is 11.4 Å². The van der Waals surface area contributed by atoms with Gasteiger partial charge in [-0.2, -0.15) is 0 Å². The zero-order chi connectivity index (χ0) is 13.3. The van der Waals surface area contributed by atoms with Crippen LogP contribution in [0.5, 0.6) is 0 Å². The van der Waals surface area contributed by atoms with E-state index >= 15 is 0 Å². The monoisotopic (exact) mass is 248 g/mol. The molecule has 0 saturated carbocycles. The van der Waals surface area contributed by atoms with E-state index in [1.165, 1.54) is 0 Å². The molecule has 1 heterocycles. The number of amides is 1. The van der Waals surface area contributed by atoms with Crippen LogP contribution in [0.1, 0.15) is 26.3 Å². The van der Waals surface area contributed by atoms with Crippen molar-refractivity contribution in [2.45, 2.75) is 38.8 Å². The van der Waals surface area contributed by atoms with Gasteiger partial charge in [0, 0.05) is 6.54 Å². The number of hydrogen-bond acceptors (Lipinski definition) is 3. The van der Waals surface area contributed by atoms with Crippen molar-refractivity contribution in [1.29, 1.82) is 0 Å². The molecule has 2 N–H and O–H groups in total. The normalized spacial score (nSPS) is 18.7. The van der Waals surface area contributed by atoms with Gasteiger partial charge in [-0.1, -0.05) is 18.2 Å². The van der Waals surface area contributed by atoms with Crippen LogP contribution in [0.2, 0.25) is 0 Å². The highest BCUT2D eigenvalue weighted by Crippen LogP contribution is 2.32.